The zero-order valence-electron chi connectivity index (χ0n) is 11.0. The predicted octanol–water partition coefficient (Wildman–Crippen LogP) is 2.45. The summed E-state index contributed by atoms with van der Waals surface area (Å²) in [4.78, 5) is 0.178. The highest BCUT2D eigenvalue weighted by molar-refractivity contribution is 7.89. The van der Waals surface area contributed by atoms with Gasteiger partial charge in [0.2, 0.25) is 10.0 Å². The Balaban J connectivity index is 2.40. The third-order valence-electron chi connectivity index (χ3n) is 2.91. The van der Waals surface area contributed by atoms with E-state index >= 15 is 0 Å². The Labute approximate surface area is 117 Å². The molecule has 0 heterocycles. The van der Waals surface area contributed by atoms with Crippen LogP contribution in [-0.2, 0) is 10.0 Å². The summed E-state index contributed by atoms with van der Waals surface area (Å²) in [5.74, 6) is -1.13. The molecular formula is C14H14FNO3S. The number of sulfonamides is 1. The molecule has 6 heteroatoms. The molecule has 0 spiro atoms. The molecule has 0 aromatic heterocycles. The maximum atomic E-state index is 13.0. The van der Waals surface area contributed by atoms with Crippen molar-refractivity contribution < 1.29 is 17.9 Å². The number of phenolic OH excluding ortho intramolecular Hbond substituents is 1. The van der Waals surface area contributed by atoms with Crippen LogP contribution >= 0.6 is 0 Å². The maximum absolute atomic E-state index is 13.0. The highest BCUT2D eigenvalue weighted by atomic mass is 32.2. The fourth-order valence-electron chi connectivity index (χ4n) is 1.72. The minimum atomic E-state index is -3.47. The van der Waals surface area contributed by atoms with E-state index in [0.717, 1.165) is 10.4 Å². The predicted molar refractivity (Wildman–Crippen MR) is 74.4 cm³/mol. The summed E-state index contributed by atoms with van der Waals surface area (Å²) < 4.78 is 37.9. The Kier molecular flexibility index (Phi) is 3.78. The molecule has 0 bridgehead atoms. The lowest BCUT2D eigenvalue weighted by Crippen LogP contribution is -2.22. The fraction of sp³-hybridized carbons (Fsp3) is 0.143. The summed E-state index contributed by atoms with van der Waals surface area (Å²) in [6.45, 7) is 0. The van der Waals surface area contributed by atoms with Crippen LogP contribution in [0.4, 0.5) is 4.39 Å². The smallest absolute Gasteiger partial charge is 0.242 e. The first-order valence-electron chi connectivity index (χ1n) is 5.84. The van der Waals surface area contributed by atoms with Gasteiger partial charge in [-0.3, -0.25) is 0 Å². The zero-order valence-corrected chi connectivity index (χ0v) is 11.9. The molecule has 0 unspecified atom stereocenters. The lowest BCUT2D eigenvalue weighted by atomic mass is 10.1. The maximum Gasteiger partial charge on any atom is 0.242 e. The van der Waals surface area contributed by atoms with Gasteiger partial charge in [-0.15, -0.1) is 0 Å². The van der Waals surface area contributed by atoms with E-state index in [1.54, 1.807) is 12.1 Å². The molecule has 0 aliphatic carbocycles. The standard InChI is InChI=1S/C14H14FNO3S/c1-16(2)20(18,19)12-6-3-10(4-7-12)11-5-8-13(15)14(17)9-11/h3-9,17H,1-2H3. The fourth-order valence-corrected chi connectivity index (χ4v) is 2.62. The van der Waals surface area contributed by atoms with Crippen molar-refractivity contribution in [3.63, 3.8) is 0 Å². The second kappa shape index (κ2) is 5.22. The molecule has 0 radical (unpaired) electrons. The number of aromatic hydroxyl groups is 1. The van der Waals surface area contributed by atoms with Crippen molar-refractivity contribution in [2.75, 3.05) is 14.1 Å². The van der Waals surface area contributed by atoms with Crippen LogP contribution in [0.5, 0.6) is 5.75 Å². The van der Waals surface area contributed by atoms with Crippen molar-refractivity contribution >= 4 is 10.0 Å². The number of hydrogen-bond acceptors (Lipinski definition) is 3. The first-order chi connectivity index (χ1) is 9.32. The molecule has 2 aromatic carbocycles. The second-order valence-electron chi connectivity index (χ2n) is 4.48. The first kappa shape index (κ1) is 14.5. The van der Waals surface area contributed by atoms with Gasteiger partial charge in [-0.05, 0) is 35.4 Å². The number of nitrogens with zero attached hydrogens (tertiary/aromatic N) is 1. The van der Waals surface area contributed by atoms with Crippen LogP contribution in [0.25, 0.3) is 11.1 Å². The Hall–Kier alpha value is -1.92. The molecule has 0 saturated carbocycles. The average molecular weight is 295 g/mol. The molecule has 2 rings (SSSR count). The molecule has 0 aliphatic heterocycles. The van der Waals surface area contributed by atoms with Gasteiger partial charge < -0.3 is 5.11 Å². The number of rotatable bonds is 3. The third kappa shape index (κ3) is 2.66. The van der Waals surface area contributed by atoms with Crippen LogP contribution in [0.3, 0.4) is 0 Å². The molecular weight excluding hydrogens is 281 g/mol. The quantitative estimate of drug-likeness (QED) is 0.946. The summed E-state index contributed by atoms with van der Waals surface area (Å²) in [7, 11) is -0.548. The van der Waals surface area contributed by atoms with Crippen LogP contribution in [0.15, 0.2) is 47.4 Å². The highest BCUT2D eigenvalue weighted by Gasteiger charge is 2.16. The lowest BCUT2D eigenvalue weighted by Gasteiger charge is -2.11. The van der Waals surface area contributed by atoms with Gasteiger partial charge in [0, 0.05) is 14.1 Å². The van der Waals surface area contributed by atoms with Crippen molar-refractivity contribution in [2.24, 2.45) is 0 Å². The normalized spacial score (nSPS) is 11.8. The van der Waals surface area contributed by atoms with Crippen LogP contribution in [-0.4, -0.2) is 31.9 Å². The number of benzene rings is 2. The van der Waals surface area contributed by atoms with Crippen molar-refractivity contribution in [1.82, 2.24) is 4.31 Å². The van der Waals surface area contributed by atoms with Crippen LogP contribution in [0.2, 0.25) is 0 Å². The van der Waals surface area contributed by atoms with E-state index < -0.39 is 21.6 Å². The van der Waals surface area contributed by atoms with E-state index in [9.17, 15) is 17.9 Å². The monoisotopic (exact) mass is 295 g/mol. The van der Waals surface area contributed by atoms with E-state index in [0.29, 0.717) is 11.1 Å². The lowest BCUT2D eigenvalue weighted by molar-refractivity contribution is 0.433. The van der Waals surface area contributed by atoms with Gasteiger partial charge in [0.15, 0.2) is 11.6 Å². The van der Waals surface area contributed by atoms with Gasteiger partial charge in [-0.25, -0.2) is 17.1 Å². The molecule has 2 aromatic rings. The summed E-state index contributed by atoms with van der Waals surface area (Å²) >= 11 is 0. The van der Waals surface area contributed by atoms with E-state index in [2.05, 4.69) is 0 Å². The van der Waals surface area contributed by atoms with Gasteiger partial charge in [-0.2, -0.15) is 0 Å². The second-order valence-corrected chi connectivity index (χ2v) is 6.63. The van der Waals surface area contributed by atoms with Gasteiger partial charge in [-0.1, -0.05) is 18.2 Å². The molecule has 0 saturated heterocycles. The van der Waals surface area contributed by atoms with Gasteiger partial charge in [0.1, 0.15) is 0 Å². The number of phenols is 1. The molecule has 1 N–H and O–H groups in total. The Morgan fingerprint density at radius 1 is 1.00 bits per heavy atom. The number of halogens is 1. The van der Waals surface area contributed by atoms with Crippen LogP contribution in [0.1, 0.15) is 0 Å². The van der Waals surface area contributed by atoms with Crippen molar-refractivity contribution in [1.29, 1.82) is 0 Å². The summed E-state index contributed by atoms with van der Waals surface area (Å²) in [6, 6.07) is 10.2. The van der Waals surface area contributed by atoms with Crippen molar-refractivity contribution in [2.45, 2.75) is 4.90 Å². The third-order valence-corrected chi connectivity index (χ3v) is 4.74. The van der Waals surface area contributed by atoms with Crippen LogP contribution in [0, 0.1) is 5.82 Å². The molecule has 20 heavy (non-hydrogen) atoms. The van der Waals surface area contributed by atoms with E-state index in [-0.39, 0.29) is 4.90 Å². The molecule has 0 atom stereocenters. The van der Waals surface area contributed by atoms with E-state index in [1.807, 2.05) is 0 Å². The SMILES string of the molecule is CN(C)S(=O)(=O)c1ccc(-c2ccc(F)c(O)c2)cc1. The van der Waals surface area contributed by atoms with Crippen LogP contribution < -0.4 is 0 Å². The Bertz CT molecular complexity index is 725. The molecule has 0 amide bonds. The largest absolute Gasteiger partial charge is 0.505 e. The molecule has 106 valence electrons. The average Bonchev–Trinajstić information content (AvgIpc) is 2.42. The van der Waals surface area contributed by atoms with Crippen molar-refractivity contribution in [3.8, 4) is 16.9 Å². The van der Waals surface area contributed by atoms with Gasteiger partial charge in [0.25, 0.3) is 0 Å². The molecule has 0 fully saturated rings. The minimum absolute atomic E-state index is 0.178. The summed E-state index contributed by atoms with van der Waals surface area (Å²) in [5.41, 5.74) is 1.30. The first-order valence-corrected chi connectivity index (χ1v) is 7.28. The zero-order chi connectivity index (χ0) is 14.9. The Morgan fingerprint density at radius 2 is 1.55 bits per heavy atom. The van der Waals surface area contributed by atoms with Crippen molar-refractivity contribution in [3.05, 3.63) is 48.3 Å². The summed E-state index contributed by atoms with van der Waals surface area (Å²) in [6.07, 6.45) is 0. The van der Waals surface area contributed by atoms with Gasteiger partial charge >= 0.3 is 0 Å². The molecule has 0 aliphatic rings. The number of hydrogen-bond donors (Lipinski definition) is 1. The summed E-state index contributed by atoms with van der Waals surface area (Å²) in [5, 5.41) is 9.34. The minimum Gasteiger partial charge on any atom is -0.505 e. The Morgan fingerprint density at radius 3 is 2.05 bits per heavy atom. The van der Waals surface area contributed by atoms with E-state index in [4.69, 9.17) is 0 Å². The highest BCUT2D eigenvalue weighted by Crippen LogP contribution is 2.26. The topological polar surface area (TPSA) is 57.6 Å². The van der Waals surface area contributed by atoms with E-state index in [1.165, 1.54) is 38.4 Å². The van der Waals surface area contributed by atoms with Gasteiger partial charge in [0.05, 0.1) is 4.90 Å². The molecule has 4 nitrogen and oxygen atoms in total.